The first-order valence-electron chi connectivity index (χ1n) is 6.59. The lowest BCUT2D eigenvalue weighted by molar-refractivity contribution is 0.105. The molecule has 6 heteroatoms. The van der Waals surface area contributed by atoms with Gasteiger partial charge in [0, 0.05) is 36.8 Å². The van der Waals surface area contributed by atoms with E-state index in [1.165, 1.54) is 12.1 Å². The first-order chi connectivity index (χ1) is 9.62. The Labute approximate surface area is 126 Å². The van der Waals surface area contributed by atoms with Crippen LogP contribution in [0.5, 0.6) is 5.75 Å². The van der Waals surface area contributed by atoms with E-state index in [1.807, 2.05) is 0 Å². The predicted molar refractivity (Wildman–Crippen MR) is 77.5 cm³/mol. The normalized spacial score (nSPS) is 23.2. The van der Waals surface area contributed by atoms with Gasteiger partial charge in [-0.3, -0.25) is 4.90 Å². The molecule has 1 aromatic carbocycles. The fraction of sp³-hybridized carbons (Fsp3) is 0.571. The van der Waals surface area contributed by atoms with Crippen molar-refractivity contribution in [2.24, 2.45) is 0 Å². The van der Waals surface area contributed by atoms with E-state index in [9.17, 15) is 9.50 Å². The Kier molecular flexibility index (Phi) is 5.77. The molecule has 0 unspecified atom stereocenters. The highest BCUT2D eigenvalue weighted by atomic mass is 79.9. The van der Waals surface area contributed by atoms with Crippen LogP contribution in [-0.4, -0.2) is 55.6 Å². The minimum Gasteiger partial charge on any atom is -0.492 e. The summed E-state index contributed by atoms with van der Waals surface area (Å²) in [7, 11) is 1.68. The van der Waals surface area contributed by atoms with Crippen LogP contribution in [0.4, 0.5) is 4.39 Å². The van der Waals surface area contributed by atoms with Crippen LogP contribution >= 0.6 is 15.9 Å². The lowest BCUT2D eigenvalue weighted by Gasteiger charge is -2.22. The van der Waals surface area contributed by atoms with Crippen molar-refractivity contribution in [3.05, 3.63) is 28.5 Å². The maximum Gasteiger partial charge on any atom is 0.128 e. The number of likely N-dealkylation sites (tertiary alicyclic amines) is 1. The van der Waals surface area contributed by atoms with Gasteiger partial charge in [-0.1, -0.05) is 15.9 Å². The van der Waals surface area contributed by atoms with Gasteiger partial charge in [-0.25, -0.2) is 4.39 Å². The molecule has 1 aliphatic rings. The summed E-state index contributed by atoms with van der Waals surface area (Å²) in [4.78, 5) is 2.14. The van der Waals surface area contributed by atoms with Crippen molar-refractivity contribution in [1.29, 1.82) is 0 Å². The smallest absolute Gasteiger partial charge is 0.128 e. The van der Waals surface area contributed by atoms with Gasteiger partial charge >= 0.3 is 0 Å². The molecule has 0 aromatic heterocycles. The van der Waals surface area contributed by atoms with Crippen LogP contribution in [0, 0.1) is 5.82 Å². The first-order valence-corrected chi connectivity index (χ1v) is 7.38. The molecule has 0 spiro atoms. The molecule has 2 atom stereocenters. The van der Waals surface area contributed by atoms with Crippen LogP contribution in [0.3, 0.4) is 0 Å². The number of hydrogen-bond acceptors (Lipinski definition) is 4. The lowest BCUT2D eigenvalue weighted by Crippen LogP contribution is -2.35. The molecule has 4 nitrogen and oxygen atoms in total. The van der Waals surface area contributed by atoms with Gasteiger partial charge in [0.15, 0.2) is 0 Å². The fourth-order valence-electron chi connectivity index (χ4n) is 2.46. The third-order valence-electron chi connectivity index (χ3n) is 3.52. The van der Waals surface area contributed by atoms with Gasteiger partial charge in [0.25, 0.3) is 0 Å². The number of benzene rings is 1. The van der Waals surface area contributed by atoms with Crippen LogP contribution in [0.15, 0.2) is 22.7 Å². The molecule has 1 fully saturated rings. The maximum atomic E-state index is 13.2. The Balaban J connectivity index is 1.83. The topological polar surface area (TPSA) is 41.9 Å². The van der Waals surface area contributed by atoms with E-state index >= 15 is 0 Å². The first kappa shape index (κ1) is 15.7. The average Bonchev–Trinajstić information content (AvgIpc) is 2.80. The van der Waals surface area contributed by atoms with Gasteiger partial charge in [0.1, 0.15) is 18.2 Å². The molecule has 20 heavy (non-hydrogen) atoms. The van der Waals surface area contributed by atoms with E-state index in [-0.39, 0.29) is 24.6 Å². The summed E-state index contributed by atoms with van der Waals surface area (Å²) in [6, 6.07) is 4.59. The van der Waals surface area contributed by atoms with Crippen molar-refractivity contribution in [1.82, 2.24) is 4.90 Å². The van der Waals surface area contributed by atoms with Crippen LogP contribution in [-0.2, 0) is 4.74 Å². The number of hydrogen-bond donors (Lipinski definition) is 1. The van der Waals surface area contributed by atoms with Gasteiger partial charge < -0.3 is 14.6 Å². The monoisotopic (exact) mass is 347 g/mol. The summed E-state index contributed by atoms with van der Waals surface area (Å²) in [5, 5.41) is 9.35. The summed E-state index contributed by atoms with van der Waals surface area (Å²) in [6.45, 7) is 2.03. The summed E-state index contributed by atoms with van der Waals surface area (Å²) in [5.41, 5.74) is 0. The predicted octanol–water partition coefficient (Wildman–Crippen LogP) is 2.05. The van der Waals surface area contributed by atoms with Crippen molar-refractivity contribution in [3.8, 4) is 5.75 Å². The molecule has 0 aliphatic carbocycles. The summed E-state index contributed by atoms with van der Waals surface area (Å²) < 4.78 is 24.7. The minimum atomic E-state index is -0.330. The molecular formula is C14H19BrFNO3. The summed E-state index contributed by atoms with van der Waals surface area (Å²) in [5.74, 6) is 0.170. The molecule has 1 heterocycles. The second-order valence-corrected chi connectivity index (χ2v) is 5.79. The highest BCUT2D eigenvalue weighted by Gasteiger charge is 2.31. The molecular weight excluding hydrogens is 329 g/mol. The van der Waals surface area contributed by atoms with E-state index in [2.05, 4.69) is 20.8 Å². The second kappa shape index (κ2) is 7.36. The van der Waals surface area contributed by atoms with E-state index in [0.29, 0.717) is 23.4 Å². The molecule has 0 amide bonds. The van der Waals surface area contributed by atoms with E-state index in [4.69, 9.17) is 9.47 Å². The zero-order chi connectivity index (χ0) is 14.5. The molecule has 1 aromatic rings. The fourth-order valence-corrected chi connectivity index (χ4v) is 2.91. The number of aliphatic hydroxyl groups is 1. The van der Waals surface area contributed by atoms with E-state index < -0.39 is 0 Å². The number of halogens is 2. The van der Waals surface area contributed by atoms with Crippen molar-refractivity contribution in [2.45, 2.75) is 18.6 Å². The molecule has 1 saturated heterocycles. The number of aliphatic hydroxyl groups excluding tert-OH is 1. The number of methoxy groups -OCH3 is 1. The highest BCUT2D eigenvalue weighted by molar-refractivity contribution is 9.10. The molecule has 1 N–H and O–H groups in total. The van der Waals surface area contributed by atoms with Crippen LogP contribution in [0.25, 0.3) is 0 Å². The number of ether oxygens (including phenoxy) is 2. The van der Waals surface area contributed by atoms with Gasteiger partial charge in [-0.05, 0) is 18.6 Å². The number of rotatable bonds is 6. The molecule has 1 aliphatic heterocycles. The van der Waals surface area contributed by atoms with Crippen molar-refractivity contribution < 1.29 is 19.0 Å². The Morgan fingerprint density at radius 3 is 2.90 bits per heavy atom. The second-order valence-electron chi connectivity index (χ2n) is 4.88. The van der Waals surface area contributed by atoms with Crippen LogP contribution in [0.2, 0.25) is 0 Å². The largest absolute Gasteiger partial charge is 0.492 e. The van der Waals surface area contributed by atoms with Gasteiger partial charge in [0.05, 0.1) is 12.7 Å². The number of nitrogens with zero attached hydrogens (tertiary/aromatic N) is 1. The van der Waals surface area contributed by atoms with Crippen LogP contribution in [0.1, 0.15) is 6.42 Å². The lowest BCUT2D eigenvalue weighted by atomic mass is 10.2. The maximum absolute atomic E-state index is 13.2. The third-order valence-corrected chi connectivity index (χ3v) is 3.97. The zero-order valence-corrected chi connectivity index (χ0v) is 13.0. The quantitative estimate of drug-likeness (QED) is 0.855. The molecule has 0 saturated carbocycles. The molecule has 2 rings (SSSR count). The van der Waals surface area contributed by atoms with Crippen molar-refractivity contribution >= 4 is 15.9 Å². The Bertz CT molecular complexity index is 426. The minimum absolute atomic E-state index is 0.114. The van der Waals surface area contributed by atoms with E-state index in [0.717, 1.165) is 13.0 Å². The Morgan fingerprint density at radius 1 is 1.45 bits per heavy atom. The average molecular weight is 348 g/mol. The highest BCUT2D eigenvalue weighted by Crippen LogP contribution is 2.22. The Morgan fingerprint density at radius 2 is 2.25 bits per heavy atom. The molecule has 0 radical (unpaired) electrons. The standard InChI is InChI=1S/C14H19BrFNO3/c1-19-14-7-12(9-18)17(8-14)2-3-20-13-5-10(15)4-11(16)6-13/h4-6,12,14,18H,2-3,7-9H2,1H3/t12-,14-/m0/s1. The van der Waals surface area contributed by atoms with Gasteiger partial charge in [-0.2, -0.15) is 0 Å². The Hall–Kier alpha value is -0.690. The van der Waals surface area contributed by atoms with Gasteiger partial charge in [-0.15, -0.1) is 0 Å². The third kappa shape index (κ3) is 4.15. The van der Waals surface area contributed by atoms with Crippen molar-refractivity contribution in [3.63, 3.8) is 0 Å². The van der Waals surface area contributed by atoms with Gasteiger partial charge in [0.2, 0.25) is 0 Å². The van der Waals surface area contributed by atoms with Crippen LogP contribution < -0.4 is 4.74 Å². The van der Waals surface area contributed by atoms with Crippen molar-refractivity contribution in [2.75, 3.05) is 33.4 Å². The zero-order valence-electron chi connectivity index (χ0n) is 11.4. The molecule has 112 valence electrons. The summed E-state index contributed by atoms with van der Waals surface area (Å²) in [6.07, 6.45) is 0.994. The SMILES string of the molecule is CO[C@H]1C[C@@H](CO)N(CCOc2cc(F)cc(Br)c2)C1. The summed E-state index contributed by atoms with van der Waals surface area (Å²) >= 11 is 3.23. The van der Waals surface area contributed by atoms with E-state index in [1.54, 1.807) is 13.2 Å². The molecule has 0 bridgehead atoms.